The second-order valence-corrected chi connectivity index (χ2v) is 6.73. The third-order valence-corrected chi connectivity index (χ3v) is 5.80. The molecule has 1 N–H and O–H groups in total. The lowest BCUT2D eigenvalue weighted by molar-refractivity contribution is 0.202. The van der Waals surface area contributed by atoms with Crippen molar-refractivity contribution in [1.29, 1.82) is 0 Å². The van der Waals surface area contributed by atoms with E-state index in [2.05, 4.69) is 4.90 Å². The van der Waals surface area contributed by atoms with Crippen LogP contribution in [0.2, 0.25) is 0 Å². The number of rotatable bonds is 2. The highest BCUT2D eigenvalue weighted by Crippen LogP contribution is 2.41. The highest BCUT2D eigenvalue weighted by molar-refractivity contribution is 7.15. The van der Waals surface area contributed by atoms with Crippen molar-refractivity contribution in [2.45, 2.75) is 58.1 Å². The highest BCUT2D eigenvalue weighted by atomic mass is 32.1. The van der Waals surface area contributed by atoms with Crippen molar-refractivity contribution in [3.63, 3.8) is 0 Å². The number of aryl methyl sites for hydroxylation is 1. The number of aliphatic hydroxyl groups excluding tert-OH is 1. The number of aromatic nitrogens is 1. The standard InChI is InChI=1S/C14H22N2OS/c1-9-13(10(2)17)18-14(15-9)16-8-4-6-11-5-3-7-12(11)16/h10-12,17H,3-8H2,1-2H3. The molecule has 1 saturated heterocycles. The maximum atomic E-state index is 9.76. The zero-order valence-electron chi connectivity index (χ0n) is 11.2. The number of aliphatic hydroxyl groups is 1. The molecule has 4 heteroatoms. The lowest BCUT2D eigenvalue weighted by atomic mass is 9.92. The van der Waals surface area contributed by atoms with Crippen LogP contribution in [-0.4, -0.2) is 22.7 Å². The second-order valence-electron chi connectivity index (χ2n) is 5.72. The molecule has 1 aliphatic carbocycles. The van der Waals surface area contributed by atoms with Crippen molar-refractivity contribution < 1.29 is 5.11 Å². The van der Waals surface area contributed by atoms with E-state index in [0.29, 0.717) is 6.04 Å². The number of thiazole rings is 1. The number of anilines is 1. The zero-order valence-corrected chi connectivity index (χ0v) is 12.0. The third-order valence-electron chi connectivity index (χ3n) is 4.44. The third kappa shape index (κ3) is 2.05. The quantitative estimate of drug-likeness (QED) is 0.892. The Morgan fingerprint density at radius 2 is 2.11 bits per heavy atom. The van der Waals surface area contributed by atoms with Crippen molar-refractivity contribution in [2.75, 3.05) is 11.4 Å². The Kier molecular flexibility index (Phi) is 3.32. The van der Waals surface area contributed by atoms with Crippen LogP contribution in [0.1, 0.15) is 55.7 Å². The molecule has 1 saturated carbocycles. The summed E-state index contributed by atoms with van der Waals surface area (Å²) in [6, 6.07) is 0.714. The Morgan fingerprint density at radius 3 is 2.83 bits per heavy atom. The predicted molar refractivity (Wildman–Crippen MR) is 75.2 cm³/mol. The first-order valence-electron chi connectivity index (χ1n) is 7.09. The summed E-state index contributed by atoms with van der Waals surface area (Å²) in [6.45, 7) is 4.99. The summed E-state index contributed by atoms with van der Waals surface area (Å²) < 4.78 is 0. The second kappa shape index (κ2) is 4.82. The molecule has 2 aliphatic rings. The van der Waals surface area contributed by atoms with Gasteiger partial charge >= 0.3 is 0 Å². The first-order chi connectivity index (χ1) is 8.66. The van der Waals surface area contributed by atoms with Gasteiger partial charge in [-0.3, -0.25) is 0 Å². The minimum Gasteiger partial charge on any atom is -0.388 e. The molecule has 3 nitrogen and oxygen atoms in total. The summed E-state index contributed by atoms with van der Waals surface area (Å²) in [7, 11) is 0. The molecule has 0 amide bonds. The number of piperidine rings is 1. The van der Waals surface area contributed by atoms with Gasteiger partial charge in [-0.15, -0.1) is 0 Å². The van der Waals surface area contributed by atoms with Crippen molar-refractivity contribution in [2.24, 2.45) is 5.92 Å². The first-order valence-corrected chi connectivity index (χ1v) is 7.90. The number of hydrogen-bond donors (Lipinski definition) is 1. The molecule has 3 unspecified atom stereocenters. The number of nitrogens with zero attached hydrogens (tertiary/aromatic N) is 2. The van der Waals surface area contributed by atoms with Gasteiger partial charge in [0.1, 0.15) is 0 Å². The van der Waals surface area contributed by atoms with Gasteiger partial charge in [0.05, 0.1) is 16.7 Å². The van der Waals surface area contributed by atoms with E-state index in [9.17, 15) is 5.11 Å². The van der Waals surface area contributed by atoms with E-state index in [4.69, 9.17) is 4.98 Å². The fourth-order valence-corrected chi connectivity index (χ4v) is 4.68. The SMILES string of the molecule is Cc1nc(N2CCCC3CCCC32)sc1C(C)O. The number of fused-ring (bicyclic) bond motifs is 1. The van der Waals surface area contributed by atoms with E-state index >= 15 is 0 Å². The Hall–Kier alpha value is -0.610. The van der Waals surface area contributed by atoms with Crippen molar-refractivity contribution >= 4 is 16.5 Å². The van der Waals surface area contributed by atoms with Gasteiger partial charge < -0.3 is 10.0 Å². The lowest BCUT2D eigenvalue weighted by Gasteiger charge is -2.37. The van der Waals surface area contributed by atoms with Crippen LogP contribution < -0.4 is 4.90 Å². The molecule has 1 aromatic heterocycles. The maximum absolute atomic E-state index is 9.76. The van der Waals surface area contributed by atoms with Gasteiger partial charge in [0.15, 0.2) is 5.13 Å². The van der Waals surface area contributed by atoms with Gasteiger partial charge in [-0.2, -0.15) is 0 Å². The van der Waals surface area contributed by atoms with Gasteiger partial charge in [0, 0.05) is 12.6 Å². The highest BCUT2D eigenvalue weighted by Gasteiger charge is 2.36. The average molecular weight is 266 g/mol. The van der Waals surface area contributed by atoms with Crippen molar-refractivity contribution in [1.82, 2.24) is 4.98 Å². The lowest BCUT2D eigenvalue weighted by Crippen LogP contribution is -2.42. The van der Waals surface area contributed by atoms with Crippen molar-refractivity contribution in [3.8, 4) is 0 Å². The molecule has 2 fully saturated rings. The predicted octanol–water partition coefficient (Wildman–Crippen LogP) is 3.27. The van der Waals surface area contributed by atoms with Crippen LogP contribution in [0.25, 0.3) is 0 Å². The smallest absolute Gasteiger partial charge is 0.186 e. The minimum atomic E-state index is -0.389. The topological polar surface area (TPSA) is 36.4 Å². The Labute approximate surface area is 113 Å². The normalized spacial score (nSPS) is 29.4. The maximum Gasteiger partial charge on any atom is 0.186 e. The van der Waals surface area contributed by atoms with Gasteiger partial charge in [0.2, 0.25) is 0 Å². The molecule has 1 aromatic rings. The van der Waals surface area contributed by atoms with E-state index in [1.54, 1.807) is 11.3 Å². The molecule has 2 heterocycles. The molecular weight excluding hydrogens is 244 g/mol. The minimum absolute atomic E-state index is 0.389. The van der Waals surface area contributed by atoms with Crippen LogP contribution in [0.5, 0.6) is 0 Å². The van der Waals surface area contributed by atoms with Crippen LogP contribution in [-0.2, 0) is 0 Å². The summed E-state index contributed by atoms with van der Waals surface area (Å²) >= 11 is 1.69. The first kappa shape index (κ1) is 12.4. The van der Waals surface area contributed by atoms with Gasteiger partial charge in [-0.25, -0.2) is 4.98 Å². The van der Waals surface area contributed by atoms with E-state index < -0.39 is 0 Å². The molecular formula is C14H22N2OS. The monoisotopic (exact) mass is 266 g/mol. The molecule has 1 aliphatic heterocycles. The molecule has 3 atom stereocenters. The largest absolute Gasteiger partial charge is 0.388 e. The van der Waals surface area contributed by atoms with E-state index in [-0.39, 0.29) is 6.10 Å². The zero-order chi connectivity index (χ0) is 12.7. The molecule has 18 heavy (non-hydrogen) atoms. The summed E-state index contributed by atoms with van der Waals surface area (Å²) in [5.41, 5.74) is 1.00. The van der Waals surface area contributed by atoms with Gasteiger partial charge in [0.25, 0.3) is 0 Å². The van der Waals surface area contributed by atoms with E-state index in [1.807, 2.05) is 13.8 Å². The van der Waals surface area contributed by atoms with Crippen LogP contribution >= 0.6 is 11.3 Å². The fraction of sp³-hybridized carbons (Fsp3) is 0.786. The molecule has 0 spiro atoms. The van der Waals surface area contributed by atoms with Crippen LogP contribution in [0.3, 0.4) is 0 Å². The molecule has 0 bridgehead atoms. The fourth-order valence-electron chi connectivity index (χ4n) is 3.60. The molecule has 0 radical (unpaired) electrons. The molecule has 3 rings (SSSR count). The van der Waals surface area contributed by atoms with Crippen molar-refractivity contribution in [3.05, 3.63) is 10.6 Å². The van der Waals surface area contributed by atoms with Crippen LogP contribution in [0.4, 0.5) is 5.13 Å². The molecule has 0 aromatic carbocycles. The van der Waals surface area contributed by atoms with Crippen LogP contribution in [0.15, 0.2) is 0 Å². The summed E-state index contributed by atoms with van der Waals surface area (Å²) in [5.74, 6) is 0.887. The summed E-state index contributed by atoms with van der Waals surface area (Å²) in [6.07, 6.45) is 6.40. The van der Waals surface area contributed by atoms with Gasteiger partial charge in [-0.1, -0.05) is 17.8 Å². The number of hydrogen-bond acceptors (Lipinski definition) is 4. The summed E-state index contributed by atoms with van der Waals surface area (Å²) in [5, 5.41) is 10.9. The summed E-state index contributed by atoms with van der Waals surface area (Å²) in [4.78, 5) is 8.25. The Balaban J connectivity index is 1.87. The average Bonchev–Trinajstić information content (AvgIpc) is 2.94. The Morgan fingerprint density at radius 1 is 1.33 bits per heavy atom. The van der Waals surface area contributed by atoms with E-state index in [1.165, 1.54) is 32.1 Å². The Bertz CT molecular complexity index is 429. The van der Waals surface area contributed by atoms with Crippen LogP contribution in [0, 0.1) is 12.8 Å². The van der Waals surface area contributed by atoms with E-state index in [0.717, 1.165) is 28.2 Å². The van der Waals surface area contributed by atoms with Gasteiger partial charge in [-0.05, 0) is 45.4 Å². The molecule has 100 valence electrons.